The molecule has 0 aliphatic heterocycles. The Kier molecular flexibility index (Phi) is 10.2. The van der Waals surface area contributed by atoms with Crippen molar-refractivity contribution < 1.29 is 0 Å². The molecule has 0 radical (unpaired) electrons. The van der Waals surface area contributed by atoms with Crippen LogP contribution in [0.3, 0.4) is 0 Å². The summed E-state index contributed by atoms with van der Waals surface area (Å²) >= 11 is 5.54. The SMILES string of the molecule is CCCCCCC.Clc1ccccc1. The molecule has 1 heteroatoms. The van der Waals surface area contributed by atoms with Crippen LogP contribution in [0, 0.1) is 0 Å². The van der Waals surface area contributed by atoms with Gasteiger partial charge in [0, 0.05) is 5.02 Å². The van der Waals surface area contributed by atoms with E-state index in [0.29, 0.717) is 0 Å². The van der Waals surface area contributed by atoms with Gasteiger partial charge in [-0.25, -0.2) is 0 Å². The maximum Gasteiger partial charge on any atom is 0.0405 e. The summed E-state index contributed by atoms with van der Waals surface area (Å²) < 4.78 is 0. The number of hydrogen-bond acceptors (Lipinski definition) is 0. The van der Waals surface area contributed by atoms with Crippen LogP contribution in [0.5, 0.6) is 0 Å². The highest BCUT2D eigenvalue weighted by Gasteiger charge is 1.80. The minimum Gasteiger partial charge on any atom is -0.0843 e. The van der Waals surface area contributed by atoms with Crippen LogP contribution >= 0.6 is 11.6 Å². The number of rotatable bonds is 4. The Morgan fingerprint density at radius 2 is 1.36 bits per heavy atom. The van der Waals surface area contributed by atoms with Crippen LogP contribution in [0.15, 0.2) is 30.3 Å². The van der Waals surface area contributed by atoms with E-state index in [0.717, 1.165) is 5.02 Å². The molecule has 0 heterocycles. The van der Waals surface area contributed by atoms with Crippen molar-refractivity contribution in [1.29, 1.82) is 0 Å². The van der Waals surface area contributed by atoms with E-state index in [9.17, 15) is 0 Å². The molecule has 80 valence electrons. The molecule has 0 atom stereocenters. The molecule has 0 spiro atoms. The lowest BCUT2D eigenvalue weighted by molar-refractivity contribution is 0.656. The number of unbranched alkanes of at least 4 members (excludes halogenated alkanes) is 4. The second-order valence-corrected chi connectivity index (χ2v) is 3.79. The third kappa shape index (κ3) is 9.60. The van der Waals surface area contributed by atoms with Crippen LogP contribution in [0.2, 0.25) is 5.02 Å². The zero-order valence-corrected chi connectivity index (χ0v) is 10.1. The quantitative estimate of drug-likeness (QED) is 0.593. The van der Waals surface area contributed by atoms with Crippen molar-refractivity contribution in [2.24, 2.45) is 0 Å². The van der Waals surface area contributed by atoms with Gasteiger partial charge in [-0.3, -0.25) is 0 Å². The van der Waals surface area contributed by atoms with Gasteiger partial charge in [0.05, 0.1) is 0 Å². The first-order chi connectivity index (χ1) is 6.81. The Hall–Kier alpha value is -0.490. The summed E-state index contributed by atoms with van der Waals surface area (Å²) in [5, 5.41) is 0.794. The maximum atomic E-state index is 5.54. The Morgan fingerprint density at radius 3 is 1.64 bits per heavy atom. The van der Waals surface area contributed by atoms with Crippen molar-refractivity contribution in [3.63, 3.8) is 0 Å². The van der Waals surface area contributed by atoms with E-state index in [1.54, 1.807) is 0 Å². The third-order valence-corrected chi connectivity index (χ3v) is 2.19. The maximum absolute atomic E-state index is 5.54. The van der Waals surface area contributed by atoms with Crippen LogP contribution in [0.4, 0.5) is 0 Å². The lowest BCUT2D eigenvalue weighted by Gasteiger charge is -1.90. The second kappa shape index (κ2) is 10.6. The fraction of sp³-hybridized carbons (Fsp3) is 0.538. The summed E-state index contributed by atoms with van der Waals surface area (Å²) in [5.41, 5.74) is 0. The number of hydrogen-bond donors (Lipinski definition) is 0. The van der Waals surface area contributed by atoms with Gasteiger partial charge in [-0.2, -0.15) is 0 Å². The summed E-state index contributed by atoms with van der Waals surface area (Å²) in [7, 11) is 0. The fourth-order valence-corrected chi connectivity index (χ4v) is 1.24. The molecule has 1 aromatic carbocycles. The van der Waals surface area contributed by atoms with Crippen LogP contribution in [-0.4, -0.2) is 0 Å². The van der Waals surface area contributed by atoms with Crippen LogP contribution in [0.1, 0.15) is 46.0 Å². The van der Waals surface area contributed by atoms with E-state index in [1.807, 2.05) is 30.3 Å². The molecule has 0 unspecified atom stereocenters. The lowest BCUT2D eigenvalue weighted by Crippen LogP contribution is -1.70. The zero-order chi connectivity index (χ0) is 10.6. The standard InChI is InChI=1S/C7H16.C6H5Cl/c1-3-5-7-6-4-2;7-6-4-2-1-3-5-6/h3-7H2,1-2H3;1-5H. The summed E-state index contributed by atoms with van der Waals surface area (Å²) in [6.07, 6.45) is 7.01. The van der Waals surface area contributed by atoms with Crippen LogP contribution < -0.4 is 0 Å². The van der Waals surface area contributed by atoms with Gasteiger partial charge in [-0.05, 0) is 12.1 Å². The van der Waals surface area contributed by atoms with Crippen molar-refractivity contribution in [1.82, 2.24) is 0 Å². The molecule has 0 aliphatic rings. The molecular weight excluding hydrogens is 192 g/mol. The van der Waals surface area contributed by atoms with Gasteiger partial charge in [0.15, 0.2) is 0 Å². The Labute approximate surface area is 93.3 Å². The summed E-state index contributed by atoms with van der Waals surface area (Å²) in [5.74, 6) is 0. The molecule has 1 rings (SSSR count). The van der Waals surface area contributed by atoms with Crippen molar-refractivity contribution in [3.05, 3.63) is 35.4 Å². The predicted octanol–water partition coefficient (Wildman–Crippen LogP) is 5.32. The minimum absolute atomic E-state index is 0.794. The Bertz CT molecular complexity index is 190. The molecular formula is C13H21Cl. The Balaban J connectivity index is 0.000000241. The van der Waals surface area contributed by atoms with E-state index in [2.05, 4.69) is 13.8 Å². The zero-order valence-electron chi connectivity index (χ0n) is 9.30. The number of halogens is 1. The first-order valence-corrected chi connectivity index (χ1v) is 5.89. The highest BCUT2D eigenvalue weighted by Crippen LogP contribution is 2.03. The highest BCUT2D eigenvalue weighted by atomic mass is 35.5. The topological polar surface area (TPSA) is 0 Å². The normalized spacial score (nSPS) is 9.07. The van der Waals surface area contributed by atoms with E-state index in [1.165, 1.54) is 32.1 Å². The fourth-order valence-electron chi connectivity index (χ4n) is 1.09. The van der Waals surface area contributed by atoms with E-state index in [4.69, 9.17) is 11.6 Å². The molecule has 0 amide bonds. The van der Waals surface area contributed by atoms with Crippen molar-refractivity contribution in [2.75, 3.05) is 0 Å². The minimum atomic E-state index is 0.794. The van der Waals surface area contributed by atoms with Gasteiger partial charge in [0.1, 0.15) is 0 Å². The molecule has 0 bridgehead atoms. The number of benzene rings is 1. The first-order valence-electron chi connectivity index (χ1n) is 5.51. The lowest BCUT2D eigenvalue weighted by atomic mass is 10.2. The second-order valence-electron chi connectivity index (χ2n) is 3.36. The van der Waals surface area contributed by atoms with Gasteiger partial charge >= 0.3 is 0 Å². The van der Waals surface area contributed by atoms with E-state index >= 15 is 0 Å². The van der Waals surface area contributed by atoms with Gasteiger partial charge in [-0.1, -0.05) is 75.8 Å². The van der Waals surface area contributed by atoms with Crippen LogP contribution in [0.25, 0.3) is 0 Å². The van der Waals surface area contributed by atoms with Crippen LogP contribution in [-0.2, 0) is 0 Å². The van der Waals surface area contributed by atoms with E-state index in [-0.39, 0.29) is 0 Å². The molecule has 0 aromatic heterocycles. The van der Waals surface area contributed by atoms with Gasteiger partial charge in [0.2, 0.25) is 0 Å². The average Bonchev–Trinajstić information content (AvgIpc) is 2.21. The van der Waals surface area contributed by atoms with Gasteiger partial charge < -0.3 is 0 Å². The van der Waals surface area contributed by atoms with Crippen molar-refractivity contribution >= 4 is 11.6 Å². The smallest absolute Gasteiger partial charge is 0.0405 e. The summed E-state index contributed by atoms with van der Waals surface area (Å²) in [6.45, 7) is 4.49. The average molecular weight is 213 g/mol. The molecule has 1 aromatic rings. The summed E-state index contributed by atoms with van der Waals surface area (Å²) in [6, 6.07) is 9.44. The van der Waals surface area contributed by atoms with Crippen molar-refractivity contribution in [2.45, 2.75) is 46.0 Å². The van der Waals surface area contributed by atoms with E-state index < -0.39 is 0 Å². The van der Waals surface area contributed by atoms with Gasteiger partial charge in [-0.15, -0.1) is 0 Å². The molecule has 14 heavy (non-hydrogen) atoms. The largest absolute Gasteiger partial charge is 0.0843 e. The highest BCUT2D eigenvalue weighted by molar-refractivity contribution is 6.30. The third-order valence-electron chi connectivity index (χ3n) is 1.94. The monoisotopic (exact) mass is 212 g/mol. The molecule has 0 saturated heterocycles. The first kappa shape index (κ1) is 13.5. The Morgan fingerprint density at radius 1 is 0.857 bits per heavy atom. The van der Waals surface area contributed by atoms with Gasteiger partial charge in [0.25, 0.3) is 0 Å². The summed E-state index contributed by atoms with van der Waals surface area (Å²) in [4.78, 5) is 0. The molecule has 0 N–H and O–H groups in total. The van der Waals surface area contributed by atoms with Crippen molar-refractivity contribution in [3.8, 4) is 0 Å². The molecule has 0 saturated carbocycles. The molecule has 0 nitrogen and oxygen atoms in total. The predicted molar refractivity (Wildman–Crippen MR) is 65.9 cm³/mol. The molecule has 0 fully saturated rings. The molecule has 0 aliphatic carbocycles.